The van der Waals surface area contributed by atoms with Gasteiger partial charge < -0.3 is 14.4 Å². The van der Waals surface area contributed by atoms with Crippen LogP contribution in [0.2, 0.25) is 0 Å². The molecule has 44 heavy (non-hydrogen) atoms. The molecule has 0 unspecified atom stereocenters. The van der Waals surface area contributed by atoms with Gasteiger partial charge in [-0.3, -0.25) is 4.79 Å². The SMILES string of the molecule is C=C(/C=C\C=C(/C)C(=O)N(C)c1ccc2c(c1)OCO2)n1nc(C(F)(F)F)c2c1CCN(S(=O)(=O)c1ccc(C#N)cc1)C2. The van der Waals surface area contributed by atoms with Gasteiger partial charge in [0.15, 0.2) is 17.2 Å². The predicted molar refractivity (Wildman–Crippen MR) is 154 cm³/mol. The number of hydrogen-bond donors (Lipinski definition) is 0. The predicted octanol–water partition coefficient (Wildman–Crippen LogP) is 4.89. The lowest BCUT2D eigenvalue weighted by Gasteiger charge is -2.27. The van der Waals surface area contributed by atoms with E-state index >= 15 is 0 Å². The van der Waals surface area contributed by atoms with Crippen molar-refractivity contribution >= 4 is 27.3 Å². The number of fused-ring (bicyclic) bond motifs is 2. The number of likely N-dealkylation sites (N-methyl/N-ethyl adjacent to an activating group) is 1. The molecule has 2 aliphatic heterocycles. The molecule has 1 amide bonds. The molecule has 2 aromatic carbocycles. The third-order valence-electron chi connectivity index (χ3n) is 7.20. The second-order valence-corrected chi connectivity index (χ2v) is 11.9. The number of sulfonamides is 1. The highest BCUT2D eigenvalue weighted by molar-refractivity contribution is 7.89. The van der Waals surface area contributed by atoms with Gasteiger partial charge in [0.25, 0.3) is 5.91 Å². The highest BCUT2D eigenvalue weighted by atomic mass is 32.2. The molecule has 2 aliphatic rings. The largest absolute Gasteiger partial charge is 0.454 e. The van der Waals surface area contributed by atoms with Crippen molar-refractivity contribution in [2.75, 3.05) is 25.3 Å². The summed E-state index contributed by atoms with van der Waals surface area (Å²) >= 11 is 0. The van der Waals surface area contributed by atoms with Crippen molar-refractivity contribution in [3.63, 3.8) is 0 Å². The number of nitrogens with zero attached hydrogens (tertiary/aromatic N) is 5. The van der Waals surface area contributed by atoms with E-state index in [0.29, 0.717) is 22.8 Å². The first-order valence-corrected chi connectivity index (χ1v) is 14.7. The summed E-state index contributed by atoms with van der Waals surface area (Å²) in [4.78, 5) is 14.3. The highest BCUT2D eigenvalue weighted by Crippen LogP contribution is 2.38. The number of nitriles is 1. The number of halogens is 3. The number of amides is 1. The quantitative estimate of drug-likeness (QED) is 0.271. The number of anilines is 1. The minimum absolute atomic E-state index is 0.0472. The number of benzene rings is 2. The molecule has 0 aliphatic carbocycles. The van der Waals surface area contributed by atoms with E-state index < -0.39 is 28.4 Å². The van der Waals surface area contributed by atoms with E-state index in [-0.39, 0.29) is 53.1 Å². The summed E-state index contributed by atoms with van der Waals surface area (Å²) in [5.74, 6) is 0.785. The van der Waals surface area contributed by atoms with Gasteiger partial charge in [0.1, 0.15) is 0 Å². The standard InChI is InChI=1S/C30H26F3N5O5S/c1-19(29(39)36(3)22-9-12-26-27(15-22)43-18-42-26)5-4-6-20(2)38-25-13-14-37(17-24(25)28(35-38)30(31,32)33)44(40,41)23-10-7-21(16-34)8-11-23/h4-12,15H,2,13-14,17-18H2,1,3H3/b6-4-,19-5+. The maximum absolute atomic E-state index is 14.0. The van der Waals surface area contributed by atoms with Gasteiger partial charge >= 0.3 is 6.18 Å². The second kappa shape index (κ2) is 11.7. The molecule has 0 N–H and O–H groups in total. The normalized spacial score (nSPS) is 15.2. The Hall–Kier alpha value is -4.87. The number of rotatable bonds is 7. The summed E-state index contributed by atoms with van der Waals surface area (Å²) in [7, 11) is -2.54. The summed E-state index contributed by atoms with van der Waals surface area (Å²) in [5.41, 5.74) is 0.00757. The Labute approximate surface area is 251 Å². The Kier molecular flexibility index (Phi) is 8.11. The molecule has 5 rings (SSSR count). The number of ether oxygens (including phenoxy) is 2. The molecule has 3 heterocycles. The fourth-order valence-corrected chi connectivity index (χ4v) is 6.25. The topological polar surface area (TPSA) is 118 Å². The Morgan fingerprint density at radius 1 is 1.16 bits per heavy atom. The van der Waals surface area contributed by atoms with E-state index in [1.54, 1.807) is 32.2 Å². The van der Waals surface area contributed by atoms with Gasteiger partial charge in [0.2, 0.25) is 16.8 Å². The second-order valence-electron chi connectivity index (χ2n) is 10.0. The summed E-state index contributed by atoms with van der Waals surface area (Å²) in [6.07, 6.45) is -0.486. The van der Waals surface area contributed by atoms with Crippen molar-refractivity contribution < 1.29 is 35.9 Å². The van der Waals surface area contributed by atoms with Gasteiger partial charge in [-0.25, -0.2) is 13.1 Å². The zero-order valence-corrected chi connectivity index (χ0v) is 24.4. The maximum atomic E-state index is 14.0. The molecule has 0 atom stereocenters. The fourth-order valence-electron chi connectivity index (χ4n) is 4.84. The molecule has 10 nitrogen and oxygen atoms in total. The third-order valence-corrected chi connectivity index (χ3v) is 9.06. The van der Waals surface area contributed by atoms with Gasteiger partial charge in [0.05, 0.1) is 27.9 Å². The van der Waals surface area contributed by atoms with Gasteiger partial charge in [-0.1, -0.05) is 18.7 Å². The minimum atomic E-state index is -4.84. The molecule has 0 saturated carbocycles. The fraction of sp³-hybridized carbons (Fsp3) is 0.233. The van der Waals surface area contributed by atoms with E-state index in [4.69, 9.17) is 14.7 Å². The van der Waals surface area contributed by atoms with E-state index in [9.17, 15) is 26.4 Å². The Morgan fingerprint density at radius 2 is 1.86 bits per heavy atom. The molecule has 0 fully saturated rings. The Bertz CT molecular complexity index is 1850. The third kappa shape index (κ3) is 5.84. The smallest absolute Gasteiger partial charge is 0.435 e. The van der Waals surface area contributed by atoms with Crippen LogP contribution < -0.4 is 14.4 Å². The van der Waals surface area contributed by atoms with E-state index in [1.807, 2.05) is 6.07 Å². The van der Waals surface area contributed by atoms with Crippen molar-refractivity contribution in [3.05, 3.63) is 95.4 Å². The minimum Gasteiger partial charge on any atom is -0.454 e. The monoisotopic (exact) mass is 625 g/mol. The number of carbonyl (C=O) groups is 1. The lowest BCUT2D eigenvalue weighted by molar-refractivity contribution is -0.142. The lowest BCUT2D eigenvalue weighted by atomic mass is 10.1. The zero-order chi connectivity index (χ0) is 31.8. The molecule has 0 saturated heterocycles. The average molecular weight is 626 g/mol. The first kappa shape index (κ1) is 30.6. The summed E-state index contributed by atoms with van der Waals surface area (Å²) in [6.45, 7) is 4.93. The molecule has 0 radical (unpaired) electrons. The van der Waals surface area contributed by atoms with Crippen LogP contribution in [-0.4, -0.2) is 48.8 Å². The van der Waals surface area contributed by atoms with E-state index in [1.165, 1.54) is 47.4 Å². The summed E-state index contributed by atoms with van der Waals surface area (Å²) < 4.78 is 81.2. The molecule has 0 spiro atoms. The van der Waals surface area contributed by atoms with Crippen LogP contribution in [0.1, 0.15) is 29.4 Å². The van der Waals surface area contributed by atoms with Crippen molar-refractivity contribution in [2.24, 2.45) is 0 Å². The Balaban J connectivity index is 1.35. The molecular formula is C30H26F3N5O5S. The molecule has 3 aromatic rings. The molecule has 228 valence electrons. The van der Waals surface area contributed by atoms with Crippen molar-refractivity contribution in [2.45, 2.75) is 31.0 Å². The van der Waals surface area contributed by atoms with Crippen LogP contribution in [-0.2, 0) is 34.0 Å². The van der Waals surface area contributed by atoms with Crippen molar-refractivity contribution in [1.29, 1.82) is 5.26 Å². The van der Waals surface area contributed by atoms with Gasteiger partial charge in [-0.15, -0.1) is 0 Å². The molecular weight excluding hydrogens is 599 g/mol. The lowest BCUT2D eigenvalue weighted by Crippen LogP contribution is -2.36. The molecule has 14 heteroatoms. The average Bonchev–Trinajstić information content (AvgIpc) is 3.64. The van der Waals surface area contributed by atoms with Crippen LogP contribution in [0.15, 0.2) is 77.7 Å². The highest BCUT2D eigenvalue weighted by Gasteiger charge is 2.42. The first-order valence-electron chi connectivity index (χ1n) is 13.2. The van der Waals surface area contributed by atoms with Crippen LogP contribution in [0.4, 0.5) is 18.9 Å². The van der Waals surface area contributed by atoms with Crippen LogP contribution in [0.3, 0.4) is 0 Å². The van der Waals surface area contributed by atoms with Gasteiger partial charge in [-0.2, -0.15) is 27.8 Å². The maximum Gasteiger partial charge on any atom is 0.435 e. The first-order chi connectivity index (χ1) is 20.8. The number of alkyl halides is 3. The number of carbonyl (C=O) groups excluding carboxylic acids is 1. The van der Waals surface area contributed by atoms with Gasteiger partial charge in [-0.05, 0) is 49.4 Å². The van der Waals surface area contributed by atoms with Crippen LogP contribution in [0.5, 0.6) is 11.5 Å². The number of aromatic nitrogens is 2. The molecule has 1 aromatic heterocycles. The van der Waals surface area contributed by atoms with Crippen LogP contribution in [0.25, 0.3) is 5.70 Å². The van der Waals surface area contributed by atoms with Crippen molar-refractivity contribution in [3.8, 4) is 17.6 Å². The van der Waals surface area contributed by atoms with E-state index in [0.717, 1.165) is 8.99 Å². The van der Waals surface area contributed by atoms with Crippen LogP contribution >= 0.6 is 0 Å². The Morgan fingerprint density at radius 3 is 2.55 bits per heavy atom. The van der Waals surface area contributed by atoms with Gasteiger partial charge in [0, 0.05) is 49.4 Å². The summed E-state index contributed by atoms with van der Waals surface area (Å²) in [5, 5.41) is 12.7. The van der Waals surface area contributed by atoms with Crippen LogP contribution in [0, 0.1) is 11.3 Å². The molecule has 0 bridgehead atoms. The number of allylic oxidation sites excluding steroid dienone is 4. The van der Waals surface area contributed by atoms with Crippen molar-refractivity contribution in [1.82, 2.24) is 14.1 Å². The zero-order valence-electron chi connectivity index (χ0n) is 23.6. The summed E-state index contributed by atoms with van der Waals surface area (Å²) in [6, 6.07) is 12.1. The number of hydrogen-bond acceptors (Lipinski definition) is 7. The van der Waals surface area contributed by atoms with E-state index in [2.05, 4.69) is 11.7 Å².